The summed E-state index contributed by atoms with van der Waals surface area (Å²) in [6.45, 7) is 2.02. The summed E-state index contributed by atoms with van der Waals surface area (Å²) >= 11 is 0. The Hall–Kier alpha value is -3.46. The summed E-state index contributed by atoms with van der Waals surface area (Å²) in [4.78, 5) is 4.59. The average molecular weight is 337 g/mol. The number of pyridine rings is 1. The number of nitrogens with zero attached hydrogens (tertiary/aromatic N) is 3. The molecule has 3 heteroatoms. The second kappa shape index (κ2) is 7.19. The summed E-state index contributed by atoms with van der Waals surface area (Å²) in [6, 6.07) is 28.6. The highest BCUT2D eigenvalue weighted by Crippen LogP contribution is 2.27. The SMILES string of the molecule is Cc1cc(/C(=C/c2ccccc2)c2ccccn2)n(-c2ccccc2)n1. The van der Waals surface area contributed by atoms with E-state index in [0.717, 1.165) is 33.9 Å². The minimum Gasteiger partial charge on any atom is -0.256 e. The van der Waals surface area contributed by atoms with E-state index < -0.39 is 0 Å². The van der Waals surface area contributed by atoms with Crippen molar-refractivity contribution in [1.29, 1.82) is 0 Å². The van der Waals surface area contributed by atoms with Crippen molar-refractivity contribution in [3.05, 3.63) is 114 Å². The topological polar surface area (TPSA) is 30.7 Å². The Labute approximate surface area is 153 Å². The lowest BCUT2D eigenvalue weighted by atomic mass is 10.0. The van der Waals surface area contributed by atoms with Gasteiger partial charge in [-0.2, -0.15) is 5.10 Å². The van der Waals surface area contributed by atoms with Gasteiger partial charge in [0.15, 0.2) is 0 Å². The second-order valence-corrected chi connectivity index (χ2v) is 6.10. The minimum atomic E-state index is 0.924. The lowest BCUT2D eigenvalue weighted by molar-refractivity contribution is 0.851. The van der Waals surface area contributed by atoms with Gasteiger partial charge in [0.2, 0.25) is 0 Å². The minimum absolute atomic E-state index is 0.924. The highest BCUT2D eigenvalue weighted by molar-refractivity contribution is 5.89. The molecule has 0 saturated carbocycles. The Morgan fingerprint density at radius 1 is 0.846 bits per heavy atom. The molecule has 0 amide bonds. The first kappa shape index (κ1) is 16.0. The molecule has 0 atom stereocenters. The number of para-hydroxylation sites is 1. The molecular weight excluding hydrogens is 318 g/mol. The van der Waals surface area contributed by atoms with E-state index in [4.69, 9.17) is 5.10 Å². The van der Waals surface area contributed by atoms with Crippen molar-refractivity contribution < 1.29 is 0 Å². The Morgan fingerprint density at radius 2 is 1.54 bits per heavy atom. The molecule has 3 nitrogen and oxygen atoms in total. The summed E-state index contributed by atoms with van der Waals surface area (Å²) in [7, 11) is 0. The highest BCUT2D eigenvalue weighted by Gasteiger charge is 2.15. The zero-order valence-corrected chi connectivity index (χ0v) is 14.6. The lowest BCUT2D eigenvalue weighted by Gasteiger charge is -2.11. The van der Waals surface area contributed by atoms with E-state index in [0.29, 0.717) is 0 Å². The molecule has 2 aromatic carbocycles. The average Bonchev–Trinajstić information content (AvgIpc) is 3.10. The van der Waals surface area contributed by atoms with Crippen LogP contribution in [-0.2, 0) is 0 Å². The van der Waals surface area contributed by atoms with Crippen molar-refractivity contribution in [1.82, 2.24) is 14.8 Å². The van der Waals surface area contributed by atoms with E-state index in [2.05, 4.69) is 41.4 Å². The molecule has 0 aliphatic carbocycles. The van der Waals surface area contributed by atoms with Gasteiger partial charge in [-0.05, 0) is 48.9 Å². The predicted molar refractivity (Wildman–Crippen MR) is 106 cm³/mol. The molecule has 0 aliphatic heterocycles. The number of benzene rings is 2. The van der Waals surface area contributed by atoms with Crippen LogP contribution in [-0.4, -0.2) is 14.8 Å². The molecule has 26 heavy (non-hydrogen) atoms. The van der Waals surface area contributed by atoms with E-state index in [9.17, 15) is 0 Å². The zero-order valence-electron chi connectivity index (χ0n) is 14.6. The summed E-state index contributed by atoms with van der Waals surface area (Å²) in [5, 5.41) is 4.72. The first-order valence-electron chi connectivity index (χ1n) is 8.62. The summed E-state index contributed by atoms with van der Waals surface area (Å²) < 4.78 is 1.98. The third-order valence-corrected chi connectivity index (χ3v) is 4.16. The van der Waals surface area contributed by atoms with Crippen molar-refractivity contribution in [2.75, 3.05) is 0 Å². The zero-order chi connectivity index (χ0) is 17.8. The number of hydrogen-bond donors (Lipinski definition) is 0. The van der Waals surface area contributed by atoms with Crippen molar-refractivity contribution in [3.63, 3.8) is 0 Å². The van der Waals surface area contributed by atoms with Crippen LogP contribution in [0.3, 0.4) is 0 Å². The molecule has 2 aromatic heterocycles. The van der Waals surface area contributed by atoms with Crippen LogP contribution in [0.2, 0.25) is 0 Å². The molecule has 0 fully saturated rings. The number of aromatic nitrogens is 3. The van der Waals surface area contributed by atoms with Crippen LogP contribution >= 0.6 is 0 Å². The maximum absolute atomic E-state index is 4.72. The third-order valence-electron chi connectivity index (χ3n) is 4.16. The maximum atomic E-state index is 4.72. The monoisotopic (exact) mass is 337 g/mol. The number of hydrogen-bond acceptors (Lipinski definition) is 2. The van der Waals surface area contributed by atoms with Gasteiger partial charge in [-0.25, -0.2) is 4.68 Å². The van der Waals surface area contributed by atoms with Crippen LogP contribution < -0.4 is 0 Å². The van der Waals surface area contributed by atoms with E-state index >= 15 is 0 Å². The first-order valence-corrected chi connectivity index (χ1v) is 8.62. The summed E-state index contributed by atoms with van der Waals surface area (Å²) in [5.41, 5.74) is 6.13. The normalized spacial score (nSPS) is 11.5. The van der Waals surface area contributed by atoms with Gasteiger partial charge in [0.25, 0.3) is 0 Å². The molecule has 4 rings (SSSR count). The van der Waals surface area contributed by atoms with Crippen molar-refractivity contribution >= 4 is 11.6 Å². The van der Waals surface area contributed by atoms with Crippen LogP contribution in [0.25, 0.3) is 17.3 Å². The Kier molecular flexibility index (Phi) is 4.44. The van der Waals surface area contributed by atoms with Crippen LogP contribution in [0.4, 0.5) is 0 Å². The van der Waals surface area contributed by atoms with E-state index in [1.54, 1.807) is 0 Å². The van der Waals surface area contributed by atoms with Gasteiger partial charge in [0.1, 0.15) is 0 Å². The quantitative estimate of drug-likeness (QED) is 0.515. The van der Waals surface area contributed by atoms with Crippen molar-refractivity contribution in [3.8, 4) is 5.69 Å². The molecule has 0 unspecified atom stereocenters. The molecule has 126 valence electrons. The fourth-order valence-corrected chi connectivity index (χ4v) is 2.97. The molecule has 0 bridgehead atoms. The molecule has 0 aliphatic rings. The van der Waals surface area contributed by atoms with E-state index in [1.807, 2.05) is 72.4 Å². The Bertz CT molecular complexity index is 1020. The smallest absolute Gasteiger partial charge is 0.0765 e. The van der Waals surface area contributed by atoms with Gasteiger partial charge in [-0.15, -0.1) is 0 Å². The standard InChI is InChI=1S/C23H19N3/c1-18-16-23(26(25-18)20-12-6-3-7-13-20)21(22-14-8-9-15-24-22)17-19-10-4-2-5-11-19/h2-17H,1H3/b21-17+. The fourth-order valence-electron chi connectivity index (χ4n) is 2.97. The van der Waals surface area contributed by atoms with Gasteiger partial charge >= 0.3 is 0 Å². The summed E-state index contributed by atoms with van der Waals surface area (Å²) in [6.07, 6.45) is 3.99. The van der Waals surface area contributed by atoms with Crippen LogP contribution in [0.1, 0.15) is 22.6 Å². The molecule has 2 heterocycles. The van der Waals surface area contributed by atoms with E-state index in [1.165, 1.54) is 0 Å². The number of aryl methyl sites for hydroxylation is 1. The van der Waals surface area contributed by atoms with Gasteiger partial charge in [0.05, 0.1) is 22.8 Å². The Balaban J connectivity index is 1.93. The third kappa shape index (κ3) is 3.33. The first-order chi connectivity index (χ1) is 12.8. The van der Waals surface area contributed by atoms with Gasteiger partial charge < -0.3 is 0 Å². The number of rotatable bonds is 4. The van der Waals surface area contributed by atoms with Gasteiger partial charge in [-0.3, -0.25) is 4.98 Å². The van der Waals surface area contributed by atoms with Crippen LogP contribution in [0, 0.1) is 6.92 Å². The molecule has 0 N–H and O–H groups in total. The van der Waals surface area contributed by atoms with Crippen LogP contribution in [0.5, 0.6) is 0 Å². The lowest BCUT2D eigenvalue weighted by Crippen LogP contribution is -2.03. The molecule has 0 saturated heterocycles. The maximum Gasteiger partial charge on any atom is 0.0765 e. The van der Waals surface area contributed by atoms with Gasteiger partial charge in [-0.1, -0.05) is 54.6 Å². The highest BCUT2D eigenvalue weighted by atomic mass is 15.3. The largest absolute Gasteiger partial charge is 0.256 e. The molecule has 0 spiro atoms. The van der Waals surface area contributed by atoms with E-state index in [-0.39, 0.29) is 0 Å². The Morgan fingerprint density at radius 3 is 2.23 bits per heavy atom. The van der Waals surface area contributed by atoms with Gasteiger partial charge in [0, 0.05) is 11.8 Å². The summed E-state index contributed by atoms with van der Waals surface area (Å²) in [5.74, 6) is 0. The fraction of sp³-hybridized carbons (Fsp3) is 0.0435. The second-order valence-electron chi connectivity index (χ2n) is 6.10. The molecular formula is C23H19N3. The molecule has 4 aromatic rings. The predicted octanol–water partition coefficient (Wildman–Crippen LogP) is 5.16. The van der Waals surface area contributed by atoms with Crippen molar-refractivity contribution in [2.24, 2.45) is 0 Å². The molecule has 0 radical (unpaired) electrons. The van der Waals surface area contributed by atoms with Crippen LogP contribution in [0.15, 0.2) is 91.1 Å². The van der Waals surface area contributed by atoms with Crippen molar-refractivity contribution in [2.45, 2.75) is 6.92 Å².